The van der Waals surface area contributed by atoms with Gasteiger partial charge in [-0.3, -0.25) is 0 Å². The zero-order valence-corrected chi connectivity index (χ0v) is 12.8. The maximum Gasteiger partial charge on any atom is 0.314 e. The number of nitrogens with one attached hydrogen (secondary N) is 2. The van der Waals surface area contributed by atoms with Crippen molar-refractivity contribution >= 4 is 17.8 Å². The second-order valence-electron chi connectivity index (χ2n) is 5.69. The highest BCUT2D eigenvalue weighted by atomic mass is 32.2. The summed E-state index contributed by atoms with van der Waals surface area (Å²) in [4.78, 5) is 12.8. The van der Waals surface area contributed by atoms with Gasteiger partial charge in [-0.15, -0.1) is 11.8 Å². The Hall–Kier alpha value is -1.16. The Morgan fingerprint density at radius 1 is 1.16 bits per heavy atom. The van der Waals surface area contributed by atoms with Gasteiger partial charge in [-0.1, -0.05) is 39.0 Å². The van der Waals surface area contributed by atoms with Crippen molar-refractivity contribution in [2.24, 2.45) is 5.41 Å². The number of urea groups is 1. The van der Waals surface area contributed by atoms with E-state index in [1.807, 2.05) is 30.0 Å². The summed E-state index contributed by atoms with van der Waals surface area (Å²) in [5.74, 6) is 1.02. The Labute approximate surface area is 120 Å². The summed E-state index contributed by atoms with van der Waals surface area (Å²) in [5, 5.41) is 5.75. The average molecular weight is 280 g/mol. The summed E-state index contributed by atoms with van der Waals surface area (Å²) in [5.41, 5.74) is 0.125. The first kappa shape index (κ1) is 15.9. The molecular weight excluding hydrogens is 256 g/mol. The maximum absolute atomic E-state index is 11.5. The number of carbonyl (C=O) groups excluding carboxylic acids is 1. The van der Waals surface area contributed by atoms with Crippen molar-refractivity contribution in [3.8, 4) is 0 Å². The minimum atomic E-state index is -0.0698. The van der Waals surface area contributed by atoms with Gasteiger partial charge in [-0.2, -0.15) is 0 Å². The van der Waals surface area contributed by atoms with Crippen molar-refractivity contribution in [3.05, 3.63) is 30.3 Å². The van der Waals surface area contributed by atoms with Crippen LogP contribution >= 0.6 is 11.8 Å². The molecule has 0 aliphatic heterocycles. The predicted octanol–water partition coefficient (Wildman–Crippen LogP) is 3.51. The van der Waals surface area contributed by atoms with Gasteiger partial charge in [0.05, 0.1) is 0 Å². The largest absolute Gasteiger partial charge is 0.338 e. The molecule has 0 atom stereocenters. The van der Waals surface area contributed by atoms with Crippen LogP contribution in [-0.4, -0.2) is 24.9 Å². The van der Waals surface area contributed by atoms with E-state index in [2.05, 4.69) is 43.5 Å². The van der Waals surface area contributed by atoms with Crippen LogP contribution < -0.4 is 10.6 Å². The Morgan fingerprint density at radius 2 is 1.84 bits per heavy atom. The molecule has 0 aliphatic carbocycles. The van der Waals surface area contributed by atoms with Crippen LogP contribution in [0.15, 0.2) is 35.2 Å². The van der Waals surface area contributed by atoms with Crippen LogP contribution in [0.2, 0.25) is 0 Å². The summed E-state index contributed by atoms with van der Waals surface area (Å²) < 4.78 is 0. The van der Waals surface area contributed by atoms with Gasteiger partial charge in [0.25, 0.3) is 0 Å². The lowest BCUT2D eigenvalue weighted by Gasteiger charge is -2.18. The van der Waals surface area contributed by atoms with E-state index in [-0.39, 0.29) is 11.4 Å². The molecular formula is C15H24N2OS. The molecule has 0 radical (unpaired) electrons. The second kappa shape index (κ2) is 8.10. The molecule has 19 heavy (non-hydrogen) atoms. The number of hydrogen-bond donors (Lipinski definition) is 2. The second-order valence-corrected chi connectivity index (χ2v) is 6.85. The fourth-order valence-electron chi connectivity index (χ4n) is 1.39. The number of carbonyl (C=O) groups is 1. The first-order chi connectivity index (χ1) is 8.97. The van der Waals surface area contributed by atoms with Crippen LogP contribution in [0.5, 0.6) is 0 Å². The Bertz CT molecular complexity index is 373. The molecule has 0 heterocycles. The molecule has 2 N–H and O–H groups in total. The molecule has 0 aromatic heterocycles. The minimum Gasteiger partial charge on any atom is -0.338 e. The first-order valence-corrected chi connectivity index (χ1v) is 7.65. The van der Waals surface area contributed by atoms with Crippen molar-refractivity contribution in [1.82, 2.24) is 10.6 Å². The number of thioether (sulfide) groups is 1. The molecule has 1 rings (SSSR count). The van der Waals surface area contributed by atoms with Crippen LogP contribution in [0.4, 0.5) is 4.79 Å². The van der Waals surface area contributed by atoms with Gasteiger partial charge in [0, 0.05) is 18.0 Å². The lowest BCUT2D eigenvalue weighted by Crippen LogP contribution is -2.40. The maximum atomic E-state index is 11.5. The van der Waals surface area contributed by atoms with E-state index in [9.17, 15) is 4.79 Å². The molecule has 2 amide bonds. The van der Waals surface area contributed by atoms with E-state index < -0.39 is 0 Å². The quantitative estimate of drug-likeness (QED) is 0.618. The van der Waals surface area contributed by atoms with Crippen molar-refractivity contribution in [3.63, 3.8) is 0 Å². The summed E-state index contributed by atoms with van der Waals surface area (Å²) >= 11 is 1.82. The number of rotatable bonds is 6. The fourth-order valence-corrected chi connectivity index (χ4v) is 2.26. The summed E-state index contributed by atoms with van der Waals surface area (Å²) in [6.07, 6.45) is 0.975. The van der Waals surface area contributed by atoms with Crippen LogP contribution in [0.25, 0.3) is 0 Å². The lowest BCUT2D eigenvalue weighted by atomic mass is 9.97. The van der Waals surface area contributed by atoms with Crippen LogP contribution in [0.3, 0.4) is 0 Å². The van der Waals surface area contributed by atoms with E-state index in [4.69, 9.17) is 0 Å². The normalized spacial score (nSPS) is 11.1. The molecule has 1 aromatic carbocycles. The molecule has 0 bridgehead atoms. The third-order valence-corrected chi connectivity index (χ3v) is 3.50. The number of benzene rings is 1. The van der Waals surface area contributed by atoms with Gasteiger partial charge in [0.1, 0.15) is 0 Å². The monoisotopic (exact) mass is 280 g/mol. The van der Waals surface area contributed by atoms with Gasteiger partial charge in [-0.25, -0.2) is 4.79 Å². The Kier molecular flexibility index (Phi) is 6.78. The molecule has 0 spiro atoms. The zero-order valence-electron chi connectivity index (χ0n) is 12.0. The van der Waals surface area contributed by atoms with E-state index in [0.717, 1.165) is 18.7 Å². The van der Waals surface area contributed by atoms with Crippen LogP contribution in [0.1, 0.15) is 27.2 Å². The lowest BCUT2D eigenvalue weighted by molar-refractivity contribution is 0.235. The predicted molar refractivity (Wildman–Crippen MR) is 82.6 cm³/mol. The SMILES string of the molecule is CC(C)(C)CNC(=O)NCCCSc1ccccc1. The molecule has 106 valence electrons. The molecule has 0 aliphatic rings. The molecule has 0 saturated carbocycles. The van der Waals surface area contributed by atoms with Crippen LogP contribution in [0, 0.1) is 5.41 Å². The summed E-state index contributed by atoms with van der Waals surface area (Å²) in [7, 11) is 0. The molecule has 4 heteroatoms. The highest BCUT2D eigenvalue weighted by Crippen LogP contribution is 2.17. The van der Waals surface area contributed by atoms with Crippen molar-refractivity contribution in [2.75, 3.05) is 18.8 Å². The number of hydrogen-bond acceptors (Lipinski definition) is 2. The minimum absolute atomic E-state index is 0.0698. The van der Waals surface area contributed by atoms with Crippen molar-refractivity contribution in [1.29, 1.82) is 0 Å². The zero-order chi connectivity index (χ0) is 14.1. The summed E-state index contributed by atoms with van der Waals surface area (Å²) in [6, 6.07) is 10.2. The highest BCUT2D eigenvalue weighted by molar-refractivity contribution is 7.99. The molecule has 1 aromatic rings. The van der Waals surface area contributed by atoms with Crippen molar-refractivity contribution in [2.45, 2.75) is 32.1 Å². The van der Waals surface area contributed by atoms with E-state index in [0.29, 0.717) is 6.54 Å². The van der Waals surface area contributed by atoms with E-state index in [1.54, 1.807) is 0 Å². The number of amides is 2. The fraction of sp³-hybridized carbons (Fsp3) is 0.533. The summed E-state index contributed by atoms with van der Waals surface area (Å²) in [6.45, 7) is 7.71. The first-order valence-electron chi connectivity index (χ1n) is 6.67. The van der Waals surface area contributed by atoms with Gasteiger partial charge in [0.15, 0.2) is 0 Å². The molecule has 0 saturated heterocycles. The molecule has 3 nitrogen and oxygen atoms in total. The van der Waals surface area contributed by atoms with Gasteiger partial charge in [0.2, 0.25) is 0 Å². The van der Waals surface area contributed by atoms with Crippen LogP contribution in [-0.2, 0) is 0 Å². The molecule has 0 unspecified atom stereocenters. The average Bonchev–Trinajstić information content (AvgIpc) is 2.36. The standard InChI is InChI=1S/C15H24N2OS/c1-15(2,3)12-17-14(18)16-10-7-11-19-13-8-5-4-6-9-13/h4-6,8-9H,7,10-12H2,1-3H3,(H2,16,17,18). The molecule has 0 fully saturated rings. The van der Waals surface area contributed by atoms with Gasteiger partial charge >= 0.3 is 6.03 Å². The smallest absolute Gasteiger partial charge is 0.314 e. The third kappa shape index (κ3) is 8.54. The van der Waals surface area contributed by atoms with Gasteiger partial charge < -0.3 is 10.6 Å². The third-order valence-electron chi connectivity index (χ3n) is 2.40. The van der Waals surface area contributed by atoms with Gasteiger partial charge in [-0.05, 0) is 29.7 Å². The van der Waals surface area contributed by atoms with E-state index in [1.165, 1.54) is 4.90 Å². The topological polar surface area (TPSA) is 41.1 Å². The Balaban J connectivity index is 2.03. The highest BCUT2D eigenvalue weighted by Gasteiger charge is 2.11. The van der Waals surface area contributed by atoms with E-state index >= 15 is 0 Å². The van der Waals surface area contributed by atoms with Crippen molar-refractivity contribution < 1.29 is 4.79 Å². The Morgan fingerprint density at radius 3 is 2.47 bits per heavy atom.